The van der Waals surface area contributed by atoms with Gasteiger partial charge in [0, 0.05) is 27.9 Å². The lowest BCUT2D eigenvalue weighted by Crippen LogP contribution is -2.56. The average Bonchev–Trinajstić information content (AvgIpc) is 3.28. The molecule has 8 heteroatoms. The molecule has 3 heterocycles. The summed E-state index contributed by atoms with van der Waals surface area (Å²) in [5.41, 5.74) is -0.0235. The van der Waals surface area contributed by atoms with Gasteiger partial charge >= 0.3 is 0 Å². The lowest BCUT2D eigenvalue weighted by molar-refractivity contribution is -0.147. The topological polar surface area (TPSA) is 98.7 Å². The summed E-state index contributed by atoms with van der Waals surface area (Å²) >= 11 is 6.27. The second-order valence-electron chi connectivity index (χ2n) is 9.76. The number of phenolic OH excluding ortho intramolecular Hbond substituents is 1. The maximum absolute atomic E-state index is 13.7. The van der Waals surface area contributed by atoms with E-state index in [1.807, 2.05) is 20.8 Å². The first-order valence-corrected chi connectivity index (χ1v) is 11.0. The van der Waals surface area contributed by atoms with E-state index in [4.69, 9.17) is 11.6 Å². The largest absolute Gasteiger partial charge is 0.508 e. The van der Waals surface area contributed by atoms with Gasteiger partial charge in [-0.2, -0.15) is 0 Å². The smallest absolute Gasteiger partial charge is 0.250 e. The second-order valence-corrected chi connectivity index (χ2v) is 10.2. The Bertz CT molecular complexity index is 1160. The van der Waals surface area contributed by atoms with E-state index in [1.165, 1.54) is 4.90 Å². The number of carbonyl (C=O) groups is 3. The molecule has 5 rings (SSSR count). The van der Waals surface area contributed by atoms with Gasteiger partial charge < -0.3 is 10.4 Å². The normalized spacial score (nSPS) is 28.9. The van der Waals surface area contributed by atoms with E-state index in [0.29, 0.717) is 22.7 Å². The summed E-state index contributed by atoms with van der Waals surface area (Å²) in [6.07, 6.45) is 0.420. The molecular weight excluding hydrogens is 430 g/mol. The van der Waals surface area contributed by atoms with Crippen LogP contribution < -0.4 is 10.6 Å². The fraction of sp³-hybridized carbons (Fsp3) is 0.375. The molecule has 0 unspecified atom stereocenters. The maximum atomic E-state index is 13.7. The van der Waals surface area contributed by atoms with Crippen molar-refractivity contribution < 1.29 is 19.5 Å². The molecule has 2 saturated heterocycles. The number of phenols is 1. The summed E-state index contributed by atoms with van der Waals surface area (Å²) in [7, 11) is 0. The number of nitrogens with zero attached hydrogens (tertiary/aromatic N) is 1. The minimum Gasteiger partial charge on any atom is -0.508 e. The van der Waals surface area contributed by atoms with E-state index in [0.717, 1.165) is 5.56 Å². The molecule has 3 aliphatic heterocycles. The molecule has 3 aliphatic rings. The van der Waals surface area contributed by atoms with Crippen molar-refractivity contribution >= 4 is 35.0 Å². The molecule has 2 aromatic carbocycles. The molecule has 2 fully saturated rings. The highest BCUT2D eigenvalue weighted by atomic mass is 35.5. The van der Waals surface area contributed by atoms with Gasteiger partial charge in [-0.1, -0.05) is 23.7 Å². The molecule has 0 radical (unpaired) electrons. The predicted molar refractivity (Wildman–Crippen MR) is 119 cm³/mol. The Kier molecular flexibility index (Phi) is 4.45. The van der Waals surface area contributed by atoms with Crippen molar-refractivity contribution in [3.8, 4) is 5.75 Å². The monoisotopic (exact) mass is 453 g/mol. The van der Waals surface area contributed by atoms with E-state index < -0.39 is 29.0 Å². The van der Waals surface area contributed by atoms with Crippen molar-refractivity contribution in [1.29, 1.82) is 0 Å². The molecule has 4 atom stereocenters. The molecule has 0 bridgehead atoms. The number of amides is 3. The molecule has 7 nitrogen and oxygen atoms in total. The number of likely N-dealkylation sites (tertiary alicyclic amines) is 1. The van der Waals surface area contributed by atoms with Gasteiger partial charge in [0.2, 0.25) is 17.7 Å². The molecule has 0 aliphatic carbocycles. The third-order valence-corrected chi connectivity index (χ3v) is 6.97. The quantitative estimate of drug-likeness (QED) is 0.607. The number of hydrogen-bond donors (Lipinski definition) is 3. The van der Waals surface area contributed by atoms with Gasteiger partial charge in [-0.05, 0) is 63.1 Å². The third-order valence-electron chi connectivity index (χ3n) is 6.74. The standard InChI is InChI=1S/C24H24ClN3O4/c1-23(2,3)28-20(30)18-17(10-12-4-7-14(29)8-5-12)27-24(19(18)21(28)31)15-11-13(25)6-9-16(15)26-22(24)32/h4-9,11,17-19,27,29H,10H2,1-3H3,(H,26,32)/t17-,18-,19+,24+/m1/s1. The van der Waals surface area contributed by atoms with Gasteiger partial charge in [0.25, 0.3) is 0 Å². The number of aromatic hydroxyl groups is 1. The zero-order valence-electron chi connectivity index (χ0n) is 18.0. The van der Waals surface area contributed by atoms with Gasteiger partial charge in [-0.25, -0.2) is 0 Å². The second kappa shape index (κ2) is 6.80. The highest BCUT2D eigenvalue weighted by molar-refractivity contribution is 6.31. The fourth-order valence-corrected chi connectivity index (χ4v) is 5.67. The van der Waals surface area contributed by atoms with Crippen LogP contribution in [0.5, 0.6) is 5.75 Å². The number of carbonyl (C=O) groups excluding carboxylic acids is 3. The van der Waals surface area contributed by atoms with Crippen LogP contribution in [0.25, 0.3) is 0 Å². The molecule has 2 aromatic rings. The number of nitrogens with one attached hydrogen (secondary N) is 2. The highest BCUT2D eigenvalue weighted by Gasteiger charge is 2.71. The Hall–Kier alpha value is -2.90. The van der Waals surface area contributed by atoms with Crippen LogP contribution in [0, 0.1) is 11.8 Å². The van der Waals surface area contributed by atoms with Crippen molar-refractivity contribution in [2.75, 3.05) is 5.32 Å². The van der Waals surface area contributed by atoms with E-state index in [-0.39, 0.29) is 23.5 Å². The molecule has 0 aromatic heterocycles. The number of anilines is 1. The van der Waals surface area contributed by atoms with E-state index in [2.05, 4.69) is 10.6 Å². The summed E-state index contributed by atoms with van der Waals surface area (Å²) in [6, 6.07) is 11.4. The van der Waals surface area contributed by atoms with E-state index >= 15 is 0 Å². The van der Waals surface area contributed by atoms with Crippen LogP contribution in [-0.2, 0) is 26.3 Å². The summed E-state index contributed by atoms with van der Waals surface area (Å²) in [5, 5.41) is 16.3. The molecule has 3 amide bonds. The van der Waals surface area contributed by atoms with E-state index in [1.54, 1.807) is 42.5 Å². The summed E-state index contributed by atoms with van der Waals surface area (Å²) in [6.45, 7) is 5.45. The molecule has 166 valence electrons. The number of hydrogen-bond acceptors (Lipinski definition) is 5. The Labute approximate surface area is 190 Å². The van der Waals surface area contributed by atoms with Crippen LogP contribution in [0.3, 0.4) is 0 Å². The highest BCUT2D eigenvalue weighted by Crippen LogP contribution is 2.54. The minimum atomic E-state index is -1.38. The summed E-state index contributed by atoms with van der Waals surface area (Å²) in [5.74, 6) is -2.41. The van der Waals surface area contributed by atoms with Crippen LogP contribution in [0.15, 0.2) is 42.5 Å². The first-order valence-electron chi connectivity index (χ1n) is 10.6. The summed E-state index contributed by atoms with van der Waals surface area (Å²) < 4.78 is 0. The van der Waals surface area contributed by atoms with Crippen LogP contribution in [0.4, 0.5) is 5.69 Å². The van der Waals surface area contributed by atoms with Gasteiger partial charge in [0.1, 0.15) is 11.3 Å². The zero-order valence-corrected chi connectivity index (χ0v) is 18.7. The number of fused-ring (bicyclic) bond motifs is 4. The Morgan fingerprint density at radius 3 is 2.41 bits per heavy atom. The average molecular weight is 454 g/mol. The number of halogens is 1. The number of rotatable bonds is 2. The fourth-order valence-electron chi connectivity index (χ4n) is 5.50. The first-order chi connectivity index (χ1) is 15.0. The van der Waals surface area contributed by atoms with Crippen LogP contribution >= 0.6 is 11.6 Å². The van der Waals surface area contributed by atoms with Crippen LogP contribution in [-0.4, -0.2) is 39.3 Å². The van der Waals surface area contributed by atoms with Crippen molar-refractivity contribution in [3.63, 3.8) is 0 Å². The Morgan fingerprint density at radius 2 is 1.75 bits per heavy atom. The first kappa shape index (κ1) is 21.0. The predicted octanol–water partition coefficient (Wildman–Crippen LogP) is 2.81. The Balaban J connectivity index is 1.66. The lowest BCUT2D eigenvalue weighted by Gasteiger charge is -2.34. The van der Waals surface area contributed by atoms with Gasteiger partial charge in [0.15, 0.2) is 0 Å². The molecular formula is C24H24ClN3O4. The lowest BCUT2D eigenvalue weighted by atomic mass is 9.76. The van der Waals surface area contributed by atoms with Gasteiger partial charge in [-0.15, -0.1) is 0 Å². The molecule has 32 heavy (non-hydrogen) atoms. The van der Waals surface area contributed by atoms with E-state index in [9.17, 15) is 19.5 Å². The summed E-state index contributed by atoms with van der Waals surface area (Å²) in [4.78, 5) is 42.0. The number of imide groups is 1. The van der Waals surface area contributed by atoms with Crippen molar-refractivity contribution in [2.24, 2.45) is 11.8 Å². The minimum absolute atomic E-state index is 0.146. The van der Waals surface area contributed by atoms with Gasteiger partial charge in [-0.3, -0.25) is 24.6 Å². The molecule has 0 saturated carbocycles. The van der Waals surface area contributed by atoms with Gasteiger partial charge in [0.05, 0.1) is 11.8 Å². The number of benzene rings is 2. The maximum Gasteiger partial charge on any atom is 0.250 e. The Morgan fingerprint density at radius 1 is 1.06 bits per heavy atom. The van der Waals surface area contributed by atoms with Crippen LogP contribution in [0.2, 0.25) is 5.02 Å². The molecule has 3 N–H and O–H groups in total. The van der Waals surface area contributed by atoms with Crippen LogP contribution in [0.1, 0.15) is 31.9 Å². The zero-order chi connectivity index (χ0) is 23.0. The SMILES string of the molecule is CC(C)(C)N1C(=O)[C@H]2[C@@H](C1=O)[C@]1(N[C@@H]2Cc2ccc(O)cc2)C(=O)Nc2ccc(Cl)cc21. The molecule has 1 spiro atoms. The van der Waals surface area contributed by atoms with Crippen molar-refractivity contribution in [2.45, 2.75) is 44.3 Å². The third kappa shape index (κ3) is 2.81. The van der Waals surface area contributed by atoms with Crippen molar-refractivity contribution in [1.82, 2.24) is 10.2 Å². The van der Waals surface area contributed by atoms with Crippen molar-refractivity contribution in [3.05, 3.63) is 58.6 Å².